The molecule has 20 heavy (non-hydrogen) atoms. The van der Waals surface area contributed by atoms with E-state index in [1.54, 1.807) is 12.1 Å². The Morgan fingerprint density at radius 2 is 2.25 bits per heavy atom. The number of hydrogen-bond donors (Lipinski definition) is 0. The fraction of sp³-hybridized carbons (Fsp3) is 0.538. The number of aryl methyl sites for hydroxylation is 1. The highest BCUT2D eigenvalue weighted by Crippen LogP contribution is 2.23. The van der Waals surface area contributed by atoms with E-state index in [2.05, 4.69) is 4.98 Å². The van der Waals surface area contributed by atoms with Crippen molar-refractivity contribution in [1.29, 1.82) is 0 Å². The molecule has 0 radical (unpaired) electrons. The van der Waals surface area contributed by atoms with Gasteiger partial charge in [-0.1, -0.05) is 6.07 Å². The number of rotatable bonds is 3. The summed E-state index contributed by atoms with van der Waals surface area (Å²) in [6.07, 6.45) is -5.67. The Hall–Kier alpha value is -1.79. The summed E-state index contributed by atoms with van der Waals surface area (Å²) in [4.78, 5) is 16.8. The van der Waals surface area contributed by atoms with Gasteiger partial charge in [0, 0.05) is 24.7 Å². The summed E-state index contributed by atoms with van der Waals surface area (Å²) in [6.45, 7) is 2.27. The maximum absolute atomic E-state index is 12.2. The number of halogens is 3. The van der Waals surface area contributed by atoms with Crippen LogP contribution in [0.5, 0.6) is 5.88 Å². The van der Waals surface area contributed by atoms with Gasteiger partial charge < -0.3 is 9.64 Å². The summed E-state index contributed by atoms with van der Waals surface area (Å²) in [5.74, 6) is -0.471. The zero-order valence-corrected chi connectivity index (χ0v) is 11.0. The molecular weight excluding hydrogens is 273 g/mol. The molecule has 1 aliphatic rings. The molecule has 1 fully saturated rings. The van der Waals surface area contributed by atoms with Gasteiger partial charge in [0.15, 0.2) is 0 Å². The molecule has 110 valence electrons. The number of alkyl halides is 3. The molecule has 2 heterocycles. The van der Waals surface area contributed by atoms with E-state index >= 15 is 0 Å². The Balaban J connectivity index is 1.88. The van der Waals surface area contributed by atoms with E-state index in [0.717, 1.165) is 5.69 Å². The van der Waals surface area contributed by atoms with Crippen LogP contribution in [0.2, 0.25) is 0 Å². The molecule has 0 bridgehead atoms. The van der Waals surface area contributed by atoms with E-state index in [4.69, 9.17) is 4.74 Å². The monoisotopic (exact) mass is 288 g/mol. The average molecular weight is 288 g/mol. The van der Waals surface area contributed by atoms with E-state index in [-0.39, 0.29) is 19.2 Å². The van der Waals surface area contributed by atoms with Gasteiger partial charge in [-0.05, 0) is 13.0 Å². The second-order valence-corrected chi connectivity index (χ2v) is 4.78. The Bertz CT molecular complexity index is 491. The summed E-state index contributed by atoms with van der Waals surface area (Å²) in [5.41, 5.74) is 0.797. The molecule has 0 unspecified atom stereocenters. The van der Waals surface area contributed by atoms with Crippen LogP contribution in [-0.4, -0.2) is 41.2 Å². The fourth-order valence-electron chi connectivity index (χ4n) is 2.09. The first-order valence-electron chi connectivity index (χ1n) is 6.28. The van der Waals surface area contributed by atoms with Crippen LogP contribution in [0.1, 0.15) is 18.5 Å². The summed E-state index contributed by atoms with van der Waals surface area (Å²) in [7, 11) is 0. The second kappa shape index (κ2) is 5.68. The standard InChI is InChI=1S/C13H15F3N2O2/c1-9-3-2-4-11(17-9)20-10-5-6-18(8-10)12(19)7-13(14,15)16/h2-4,10H,5-8H2,1H3/t10-/m0/s1. The zero-order chi connectivity index (χ0) is 14.8. The van der Waals surface area contributed by atoms with E-state index in [1.807, 2.05) is 13.0 Å². The summed E-state index contributed by atoms with van der Waals surface area (Å²) in [6, 6.07) is 5.30. The van der Waals surface area contributed by atoms with E-state index in [1.165, 1.54) is 4.90 Å². The van der Waals surface area contributed by atoms with Crippen molar-refractivity contribution < 1.29 is 22.7 Å². The van der Waals surface area contributed by atoms with Crippen molar-refractivity contribution in [1.82, 2.24) is 9.88 Å². The number of hydrogen-bond acceptors (Lipinski definition) is 3. The van der Waals surface area contributed by atoms with Gasteiger partial charge in [0.2, 0.25) is 11.8 Å². The maximum Gasteiger partial charge on any atom is 0.397 e. The lowest BCUT2D eigenvalue weighted by Gasteiger charge is -2.17. The van der Waals surface area contributed by atoms with Crippen molar-refractivity contribution in [3.05, 3.63) is 23.9 Å². The highest BCUT2D eigenvalue weighted by Gasteiger charge is 2.36. The predicted octanol–water partition coefficient (Wildman–Crippen LogP) is 2.32. The third-order valence-electron chi connectivity index (χ3n) is 3.00. The molecule has 1 amide bonds. The smallest absolute Gasteiger partial charge is 0.397 e. The maximum atomic E-state index is 12.2. The molecule has 0 saturated carbocycles. The van der Waals surface area contributed by atoms with Crippen LogP contribution in [0.3, 0.4) is 0 Å². The van der Waals surface area contributed by atoms with Gasteiger partial charge in [0.1, 0.15) is 12.5 Å². The van der Waals surface area contributed by atoms with Crippen LogP contribution in [0.4, 0.5) is 13.2 Å². The molecule has 1 aromatic heterocycles. The van der Waals surface area contributed by atoms with E-state index < -0.39 is 18.5 Å². The normalized spacial score (nSPS) is 19.2. The third-order valence-corrected chi connectivity index (χ3v) is 3.00. The molecule has 0 spiro atoms. The van der Waals surface area contributed by atoms with Gasteiger partial charge in [-0.25, -0.2) is 4.98 Å². The number of aromatic nitrogens is 1. The molecule has 1 aromatic rings. The number of amides is 1. The van der Waals surface area contributed by atoms with Gasteiger partial charge in [-0.2, -0.15) is 13.2 Å². The van der Waals surface area contributed by atoms with Crippen molar-refractivity contribution in [2.24, 2.45) is 0 Å². The SMILES string of the molecule is Cc1cccc(O[C@H]2CCN(C(=O)CC(F)(F)F)C2)n1. The first kappa shape index (κ1) is 14.6. The first-order valence-corrected chi connectivity index (χ1v) is 6.28. The lowest BCUT2D eigenvalue weighted by molar-refractivity contribution is -0.160. The minimum absolute atomic E-state index is 0.171. The number of likely N-dealkylation sites (tertiary alicyclic amines) is 1. The van der Waals surface area contributed by atoms with Crippen LogP contribution < -0.4 is 4.74 Å². The number of carbonyl (C=O) groups excluding carboxylic acids is 1. The molecule has 1 aliphatic heterocycles. The van der Waals surface area contributed by atoms with Gasteiger partial charge in [-0.15, -0.1) is 0 Å². The van der Waals surface area contributed by atoms with Crippen LogP contribution in [0, 0.1) is 6.92 Å². The van der Waals surface area contributed by atoms with E-state index in [0.29, 0.717) is 12.3 Å². The number of carbonyl (C=O) groups is 1. The lowest BCUT2D eigenvalue weighted by Crippen LogP contribution is -2.33. The highest BCUT2D eigenvalue weighted by molar-refractivity contribution is 5.77. The van der Waals surface area contributed by atoms with Gasteiger partial charge in [0.05, 0.1) is 6.54 Å². The summed E-state index contributed by atoms with van der Waals surface area (Å²) >= 11 is 0. The number of pyridine rings is 1. The Labute approximate surface area is 114 Å². The van der Waals surface area contributed by atoms with Crippen molar-refractivity contribution in [3.8, 4) is 5.88 Å². The first-order chi connectivity index (χ1) is 9.33. The molecule has 0 aromatic carbocycles. The number of ether oxygens (including phenoxy) is 1. The largest absolute Gasteiger partial charge is 0.472 e. The van der Waals surface area contributed by atoms with Gasteiger partial charge >= 0.3 is 6.18 Å². The van der Waals surface area contributed by atoms with Crippen molar-refractivity contribution in [3.63, 3.8) is 0 Å². The van der Waals surface area contributed by atoms with Crippen molar-refractivity contribution in [2.75, 3.05) is 13.1 Å². The van der Waals surface area contributed by atoms with Crippen molar-refractivity contribution >= 4 is 5.91 Å². The molecule has 1 atom stereocenters. The third kappa shape index (κ3) is 4.11. The molecule has 7 heteroatoms. The van der Waals surface area contributed by atoms with Gasteiger partial charge in [-0.3, -0.25) is 4.79 Å². The molecule has 4 nitrogen and oxygen atoms in total. The lowest BCUT2D eigenvalue weighted by atomic mass is 10.3. The minimum atomic E-state index is -4.46. The van der Waals surface area contributed by atoms with Crippen LogP contribution >= 0.6 is 0 Å². The summed E-state index contributed by atoms with van der Waals surface area (Å²) < 4.78 is 42.1. The fourth-order valence-corrected chi connectivity index (χ4v) is 2.09. The molecule has 2 rings (SSSR count). The topological polar surface area (TPSA) is 42.4 Å². The van der Waals surface area contributed by atoms with Crippen LogP contribution in [0.25, 0.3) is 0 Å². The average Bonchev–Trinajstić information content (AvgIpc) is 2.75. The second-order valence-electron chi connectivity index (χ2n) is 4.78. The van der Waals surface area contributed by atoms with Gasteiger partial charge in [0.25, 0.3) is 0 Å². The molecule has 0 aliphatic carbocycles. The minimum Gasteiger partial charge on any atom is -0.472 e. The van der Waals surface area contributed by atoms with Crippen LogP contribution in [-0.2, 0) is 4.79 Å². The zero-order valence-electron chi connectivity index (χ0n) is 11.0. The Morgan fingerprint density at radius 1 is 1.50 bits per heavy atom. The van der Waals surface area contributed by atoms with Crippen molar-refractivity contribution in [2.45, 2.75) is 32.0 Å². The Kier molecular flexibility index (Phi) is 4.15. The molecule has 0 N–H and O–H groups in total. The van der Waals surface area contributed by atoms with E-state index in [9.17, 15) is 18.0 Å². The number of nitrogens with zero attached hydrogens (tertiary/aromatic N) is 2. The van der Waals surface area contributed by atoms with Crippen LogP contribution in [0.15, 0.2) is 18.2 Å². The highest BCUT2D eigenvalue weighted by atomic mass is 19.4. The predicted molar refractivity (Wildman–Crippen MR) is 65.3 cm³/mol. The Morgan fingerprint density at radius 3 is 2.90 bits per heavy atom. The quantitative estimate of drug-likeness (QED) is 0.857. The molecular formula is C13H15F3N2O2. The summed E-state index contributed by atoms with van der Waals surface area (Å²) in [5, 5.41) is 0. The molecule has 1 saturated heterocycles.